The molecule has 0 spiro atoms. The van der Waals surface area contributed by atoms with Crippen LogP contribution in [0.2, 0.25) is 0 Å². The van der Waals surface area contributed by atoms with E-state index in [2.05, 4.69) is 0 Å². The Hall–Kier alpha value is -0.400. The van der Waals surface area contributed by atoms with Gasteiger partial charge in [0.25, 0.3) is 0 Å². The Bertz CT molecular complexity index is 181. The van der Waals surface area contributed by atoms with E-state index in [0.717, 1.165) is 12.8 Å². The molecular weight excluding hydrogens is 162 g/mol. The van der Waals surface area contributed by atoms with Crippen LogP contribution in [0.3, 0.4) is 0 Å². The van der Waals surface area contributed by atoms with Gasteiger partial charge in [0, 0.05) is 29.3 Å². The van der Waals surface area contributed by atoms with Crippen LogP contribution in [0.5, 0.6) is 0 Å². The first-order valence-corrected chi connectivity index (χ1v) is 5.04. The van der Waals surface area contributed by atoms with Crippen LogP contribution in [0, 0.1) is 11.3 Å². The van der Waals surface area contributed by atoms with Crippen LogP contribution >= 0.6 is 0 Å². The van der Waals surface area contributed by atoms with Gasteiger partial charge >= 0.3 is 0 Å². The highest BCUT2D eigenvalue weighted by molar-refractivity contribution is 7.85. The highest BCUT2D eigenvalue weighted by Crippen LogP contribution is 2.12. The van der Waals surface area contributed by atoms with Gasteiger partial charge in [0.15, 0.2) is 0 Å². The van der Waals surface area contributed by atoms with Crippen molar-refractivity contribution in [3.8, 4) is 6.07 Å². The summed E-state index contributed by atoms with van der Waals surface area (Å²) >= 11 is 0. The fraction of sp³-hybridized carbons (Fsp3) is 0.857. The zero-order valence-corrected chi connectivity index (χ0v) is 7.10. The predicted octanol–water partition coefficient (Wildman–Crippen LogP) is 0.438. The van der Waals surface area contributed by atoms with E-state index in [1.807, 2.05) is 6.07 Å². The third-order valence-electron chi connectivity index (χ3n) is 1.75. The van der Waals surface area contributed by atoms with Gasteiger partial charge in [-0.2, -0.15) is 5.26 Å². The predicted molar refractivity (Wildman–Crippen MR) is 42.5 cm³/mol. The maximum atomic E-state index is 11.2. The Balaban J connectivity index is 2.34. The molecule has 0 amide bonds. The molecule has 11 heavy (non-hydrogen) atoms. The number of nitrogens with zero attached hydrogens (tertiary/aromatic N) is 1. The Morgan fingerprint density at radius 3 is 2.73 bits per heavy atom. The van der Waals surface area contributed by atoms with Crippen LogP contribution in [-0.2, 0) is 15.5 Å². The summed E-state index contributed by atoms with van der Waals surface area (Å²) < 4.78 is 16.3. The Morgan fingerprint density at radius 1 is 1.55 bits per heavy atom. The minimum atomic E-state index is -0.948. The van der Waals surface area contributed by atoms with E-state index in [1.165, 1.54) is 0 Å². The lowest BCUT2D eigenvalue weighted by atomic mass is 10.2. The van der Waals surface area contributed by atoms with Gasteiger partial charge in [-0.25, -0.2) is 0 Å². The lowest BCUT2D eigenvalue weighted by Gasteiger charge is -2.19. The molecule has 1 saturated heterocycles. The molecule has 0 aromatic rings. The van der Waals surface area contributed by atoms with Crippen molar-refractivity contribution in [2.75, 3.05) is 19.0 Å². The zero-order chi connectivity index (χ0) is 8.10. The van der Waals surface area contributed by atoms with Gasteiger partial charge in [0.1, 0.15) is 5.75 Å². The van der Waals surface area contributed by atoms with Gasteiger partial charge in [0.2, 0.25) is 0 Å². The van der Waals surface area contributed by atoms with Crippen molar-refractivity contribution in [2.24, 2.45) is 0 Å². The molecule has 1 heterocycles. The van der Waals surface area contributed by atoms with E-state index in [1.54, 1.807) is 0 Å². The van der Waals surface area contributed by atoms with Crippen molar-refractivity contribution in [3.05, 3.63) is 0 Å². The minimum absolute atomic E-state index is 0.171. The van der Waals surface area contributed by atoms with Crippen molar-refractivity contribution in [1.82, 2.24) is 0 Å². The van der Waals surface area contributed by atoms with E-state index >= 15 is 0 Å². The molecule has 62 valence electrons. The Kier molecular flexibility index (Phi) is 3.53. The molecule has 3 nitrogen and oxygen atoms in total. The number of nitriles is 1. The SMILES string of the molecule is N#CCS(=O)C1CCOCC1. The summed E-state index contributed by atoms with van der Waals surface area (Å²) in [6.45, 7) is 1.39. The molecule has 1 atom stereocenters. The maximum absolute atomic E-state index is 11.2. The lowest BCUT2D eigenvalue weighted by Crippen LogP contribution is -2.25. The summed E-state index contributed by atoms with van der Waals surface area (Å²) in [4.78, 5) is 0. The van der Waals surface area contributed by atoms with E-state index in [-0.39, 0.29) is 11.0 Å². The zero-order valence-electron chi connectivity index (χ0n) is 6.28. The maximum Gasteiger partial charge on any atom is 0.111 e. The number of ether oxygens (including phenoxy) is 1. The van der Waals surface area contributed by atoms with Gasteiger partial charge in [-0.3, -0.25) is 4.21 Å². The third-order valence-corrected chi connectivity index (χ3v) is 3.38. The molecular formula is C7H11NO2S. The second-order valence-corrected chi connectivity index (χ2v) is 4.21. The van der Waals surface area contributed by atoms with E-state index < -0.39 is 10.8 Å². The van der Waals surface area contributed by atoms with Crippen molar-refractivity contribution in [2.45, 2.75) is 18.1 Å². The second kappa shape index (κ2) is 4.47. The van der Waals surface area contributed by atoms with Gasteiger partial charge < -0.3 is 4.74 Å². The highest BCUT2D eigenvalue weighted by Gasteiger charge is 2.19. The van der Waals surface area contributed by atoms with Crippen molar-refractivity contribution in [3.63, 3.8) is 0 Å². The second-order valence-electron chi connectivity index (χ2n) is 2.49. The van der Waals surface area contributed by atoms with Crippen molar-refractivity contribution in [1.29, 1.82) is 5.26 Å². The molecule has 4 heteroatoms. The first kappa shape index (κ1) is 8.69. The van der Waals surface area contributed by atoms with Gasteiger partial charge in [-0.15, -0.1) is 0 Å². The summed E-state index contributed by atoms with van der Waals surface area (Å²) in [5.74, 6) is 0.171. The monoisotopic (exact) mass is 173 g/mol. The van der Waals surface area contributed by atoms with Crippen LogP contribution in [0.25, 0.3) is 0 Å². The van der Waals surface area contributed by atoms with E-state index in [9.17, 15) is 4.21 Å². The fourth-order valence-corrected chi connectivity index (χ4v) is 2.20. The molecule has 1 unspecified atom stereocenters. The summed E-state index contributed by atoms with van der Waals surface area (Å²) in [7, 11) is -0.948. The molecule has 1 fully saturated rings. The van der Waals surface area contributed by atoms with Crippen LogP contribution in [0.1, 0.15) is 12.8 Å². The molecule has 1 aliphatic heterocycles. The molecule has 0 aromatic carbocycles. The Labute approximate surface area is 68.8 Å². The molecule has 0 N–H and O–H groups in total. The minimum Gasteiger partial charge on any atom is -0.381 e. The molecule has 1 aliphatic rings. The average molecular weight is 173 g/mol. The number of hydrogen-bond acceptors (Lipinski definition) is 3. The molecule has 0 aromatic heterocycles. The molecule has 0 radical (unpaired) electrons. The summed E-state index contributed by atoms with van der Waals surface area (Å²) in [5, 5.41) is 8.49. The standard InChI is InChI=1S/C7H11NO2S/c8-3-6-11(9)7-1-4-10-5-2-7/h7H,1-2,4-6H2. The normalized spacial score (nSPS) is 22.5. The third kappa shape index (κ3) is 2.60. The highest BCUT2D eigenvalue weighted by atomic mass is 32.2. The van der Waals surface area contributed by atoms with Crippen molar-refractivity contribution < 1.29 is 8.95 Å². The van der Waals surface area contributed by atoms with Crippen LogP contribution in [0.15, 0.2) is 0 Å². The first-order valence-electron chi connectivity index (χ1n) is 3.66. The van der Waals surface area contributed by atoms with Crippen LogP contribution in [0.4, 0.5) is 0 Å². The van der Waals surface area contributed by atoms with Gasteiger partial charge in [0.05, 0.1) is 6.07 Å². The fourth-order valence-electron chi connectivity index (χ4n) is 1.12. The summed E-state index contributed by atoms with van der Waals surface area (Å²) in [5.41, 5.74) is 0. The largest absolute Gasteiger partial charge is 0.381 e. The van der Waals surface area contributed by atoms with Gasteiger partial charge in [-0.05, 0) is 12.8 Å². The molecule has 1 rings (SSSR count). The number of hydrogen-bond donors (Lipinski definition) is 0. The molecule has 0 aliphatic carbocycles. The van der Waals surface area contributed by atoms with Crippen LogP contribution in [-0.4, -0.2) is 28.4 Å². The summed E-state index contributed by atoms with van der Waals surface area (Å²) in [6, 6.07) is 1.92. The number of rotatable bonds is 2. The molecule has 0 saturated carbocycles. The van der Waals surface area contributed by atoms with Crippen molar-refractivity contribution >= 4 is 10.8 Å². The van der Waals surface area contributed by atoms with Gasteiger partial charge in [-0.1, -0.05) is 0 Å². The first-order chi connectivity index (χ1) is 5.34. The lowest BCUT2D eigenvalue weighted by molar-refractivity contribution is 0.0992. The Morgan fingerprint density at radius 2 is 2.18 bits per heavy atom. The molecule has 0 bridgehead atoms. The topological polar surface area (TPSA) is 50.1 Å². The smallest absolute Gasteiger partial charge is 0.111 e. The van der Waals surface area contributed by atoms with E-state index in [4.69, 9.17) is 10.00 Å². The average Bonchev–Trinajstić information content (AvgIpc) is 2.07. The summed E-state index contributed by atoms with van der Waals surface area (Å²) in [6.07, 6.45) is 1.68. The van der Waals surface area contributed by atoms with E-state index in [0.29, 0.717) is 13.2 Å². The quantitative estimate of drug-likeness (QED) is 0.608. The van der Waals surface area contributed by atoms with Crippen LogP contribution < -0.4 is 0 Å².